The lowest BCUT2D eigenvalue weighted by Crippen LogP contribution is -2.36. The van der Waals surface area contributed by atoms with Crippen molar-refractivity contribution in [3.8, 4) is 0 Å². The highest BCUT2D eigenvalue weighted by atomic mass is 79.9. The fraction of sp³-hybridized carbons (Fsp3) is 0.538. The minimum absolute atomic E-state index is 0.529. The first kappa shape index (κ1) is 13.7. The van der Waals surface area contributed by atoms with Crippen LogP contribution in [0, 0.1) is 0 Å². The third-order valence-electron chi connectivity index (χ3n) is 3.24. The lowest BCUT2D eigenvalue weighted by molar-refractivity contribution is 0.524. The van der Waals surface area contributed by atoms with Gasteiger partial charge in [-0.05, 0) is 49.8 Å². The van der Waals surface area contributed by atoms with E-state index in [4.69, 9.17) is 11.6 Å². The Bertz CT molecular complexity index is 380. The van der Waals surface area contributed by atoms with Gasteiger partial charge < -0.3 is 5.32 Å². The van der Waals surface area contributed by atoms with Crippen LogP contribution in [0.15, 0.2) is 22.7 Å². The van der Waals surface area contributed by atoms with Gasteiger partial charge in [-0.3, -0.25) is 0 Å². The van der Waals surface area contributed by atoms with E-state index in [0.29, 0.717) is 6.04 Å². The van der Waals surface area contributed by atoms with Gasteiger partial charge in [-0.2, -0.15) is 11.8 Å². The second-order valence-electron chi connectivity index (χ2n) is 4.39. The number of halogens is 2. The molecule has 1 aliphatic heterocycles. The lowest BCUT2D eigenvalue weighted by Gasteiger charge is -2.22. The number of hydrogen-bond donors (Lipinski definition) is 1. The van der Waals surface area contributed by atoms with Gasteiger partial charge in [-0.15, -0.1) is 0 Å². The molecule has 1 aromatic carbocycles. The molecule has 2 atom stereocenters. The molecule has 0 spiro atoms. The van der Waals surface area contributed by atoms with Gasteiger partial charge in [0.05, 0.1) is 0 Å². The summed E-state index contributed by atoms with van der Waals surface area (Å²) in [5.41, 5.74) is 1.24. The molecule has 4 heteroatoms. The quantitative estimate of drug-likeness (QED) is 0.888. The largest absolute Gasteiger partial charge is 0.316 e. The van der Waals surface area contributed by atoms with Crippen molar-refractivity contribution in [2.24, 2.45) is 0 Å². The Morgan fingerprint density at radius 2 is 2.41 bits per heavy atom. The molecule has 2 unspecified atom stereocenters. The molecule has 1 aromatic rings. The highest BCUT2D eigenvalue weighted by Gasteiger charge is 2.25. The van der Waals surface area contributed by atoms with Gasteiger partial charge >= 0.3 is 0 Å². The first-order valence-corrected chi connectivity index (χ1v) is 8.15. The van der Waals surface area contributed by atoms with Crippen LogP contribution in [0.1, 0.15) is 18.4 Å². The van der Waals surface area contributed by atoms with Crippen LogP contribution in [0.4, 0.5) is 0 Å². The van der Waals surface area contributed by atoms with Crippen molar-refractivity contribution in [1.29, 1.82) is 0 Å². The topological polar surface area (TPSA) is 12.0 Å². The molecule has 94 valence electrons. The normalized spacial score (nSPS) is 21.7. The van der Waals surface area contributed by atoms with E-state index in [9.17, 15) is 0 Å². The van der Waals surface area contributed by atoms with Crippen LogP contribution in [0.5, 0.6) is 0 Å². The van der Waals surface area contributed by atoms with E-state index in [1.807, 2.05) is 6.07 Å². The van der Waals surface area contributed by atoms with Crippen molar-refractivity contribution in [2.75, 3.05) is 12.8 Å². The second-order valence-corrected chi connectivity index (χ2v) is 7.06. The highest BCUT2D eigenvalue weighted by molar-refractivity contribution is 9.10. The Hall–Kier alpha value is 0.300. The number of rotatable bonds is 4. The molecule has 0 bridgehead atoms. The summed E-state index contributed by atoms with van der Waals surface area (Å²) in [6.07, 6.45) is 3.69. The maximum Gasteiger partial charge on any atom is 0.0449 e. The standard InChI is InChI=1S/C13H17BrClNS/c1-16-12(13-3-2-6-17-13)7-9-4-5-10(14)8-11(9)15/h4-5,8,12-13,16H,2-3,6-7H2,1H3. The zero-order chi connectivity index (χ0) is 12.3. The summed E-state index contributed by atoms with van der Waals surface area (Å²) in [6.45, 7) is 0. The molecule has 0 saturated carbocycles. The van der Waals surface area contributed by atoms with Crippen molar-refractivity contribution in [2.45, 2.75) is 30.6 Å². The van der Waals surface area contributed by atoms with Gasteiger partial charge in [-0.1, -0.05) is 33.6 Å². The van der Waals surface area contributed by atoms with Gasteiger partial charge in [0.2, 0.25) is 0 Å². The first-order chi connectivity index (χ1) is 8.20. The van der Waals surface area contributed by atoms with E-state index in [1.165, 1.54) is 24.2 Å². The highest BCUT2D eigenvalue weighted by Crippen LogP contribution is 2.31. The van der Waals surface area contributed by atoms with Gasteiger partial charge in [0.25, 0.3) is 0 Å². The predicted octanol–water partition coefficient (Wildman–Crippen LogP) is 4.13. The first-order valence-electron chi connectivity index (χ1n) is 5.93. The Morgan fingerprint density at radius 1 is 1.59 bits per heavy atom. The summed E-state index contributed by atoms with van der Waals surface area (Å²) in [7, 11) is 2.05. The zero-order valence-corrected chi connectivity index (χ0v) is 13.0. The van der Waals surface area contributed by atoms with Crippen LogP contribution >= 0.6 is 39.3 Å². The molecular weight excluding hydrogens is 318 g/mol. The van der Waals surface area contributed by atoms with E-state index in [1.54, 1.807) is 0 Å². The van der Waals surface area contributed by atoms with Crippen LogP contribution in [-0.2, 0) is 6.42 Å². The van der Waals surface area contributed by atoms with E-state index < -0.39 is 0 Å². The monoisotopic (exact) mass is 333 g/mol. The molecule has 0 aliphatic carbocycles. The van der Waals surface area contributed by atoms with Crippen LogP contribution < -0.4 is 5.32 Å². The third kappa shape index (κ3) is 3.63. The number of hydrogen-bond acceptors (Lipinski definition) is 2. The minimum Gasteiger partial charge on any atom is -0.316 e. The van der Waals surface area contributed by atoms with E-state index in [-0.39, 0.29) is 0 Å². The molecule has 0 radical (unpaired) electrons. The van der Waals surface area contributed by atoms with Gasteiger partial charge in [0.1, 0.15) is 0 Å². The molecule has 17 heavy (non-hydrogen) atoms. The van der Waals surface area contributed by atoms with Crippen LogP contribution in [0.25, 0.3) is 0 Å². The summed E-state index contributed by atoms with van der Waals surface area (Å²) >= 11 is 11.8. The zero-order valence-electron chi connectivity index (χ0n) is 9.88. The molecule has 1 nitrogen and oxygen atoms in total. The van der Waals surface area contributed by atoms with Gasteiger partial charge in [0.15, 0.2) is 0 Å². The number of likely N-dealkylation sites (N-methyl/N-ethyl adjacent to an activating group) is 1. The Balaban J connectivity index is 2.06. The fourth-order valence-corrected chi connectivity index (χ4v) is 4.45. The van der Waals surface area contributed by atoms with Crippen molar-refractivity contribution >= 4 is 39.3 Å². The van der Waals surface area contributed by atoms with Crippen LogP contribution in [0.3, 0.4) is 0 Å². The Morgan fingerprint density at radius 3 is 3.00 bits per heavy atom. The number of thioether (sulfide) groups is 1. The SMILES string of the molecule is CNC(Cc1ccc(Br)cc1Cl)C1CCCS1. The van der Waals surface area contributed by atoms with Crippen molar-refractivity contribution < 1.29 is 0 Å². The van der Waals surface area contributed by atoms with E-state index in [2.05, 4.69) is 52.2 Å². The van der Waals surface area contributed by atoms with Crippen molar-refractivity contribution in [1.82, 2.24) is 5.32 Å². The summed E-state index contributed by atoms with van der Waals surface area (Å²) in [5, 5.41) is 5.04. The van der Waals surface area contributed by atoms with E-state index in [0.717, 1.165) is 21.2 Å². The minimum atomic E-state index is 0.529. The molecular formula is C13H17BrClNS. The van der Waals surface area contributed by atoms with Crippen molar-refractivity contribution in [3.05, 3.63) is 33.3 Å². The fourth-order valence-electron chi connectivity index (χ4n) is 2.26. The van der Waals surface area contributed by atoms with Crippen LogP contribution in [0.2, 0.25) is 5.02 Å². The third-order valence-corrected chi connectivity index (χ3v) is 5.60. The predicted molar refractivity (Wildman–Crippen MR) is 81.2 cm³/mol. The molecule has 1 saturated heterocycles. The van der Waals surface area contributed by atoms with Crippen LogP contribution in [-0.4, -0.2) is 24.1 Å². The molecule has 1 N–H and O–H groups in total. The molecule has 2 rings (SSSR count). The summed E-state index contributed by atoms with van der Waals surface area (Å²) < 4.78 is 1.04. The van der Waals surface area contributed by atoms with E-state index >= 15 is 0 Å². The average Bonchev–Trinajstić information content (AvgIpc) is 2.81. The van der Waals surface area contributed by atoms with Gasteiger partial charge in [-0.25, -0.2) is 0 Å². The van der Waals surface area contributed by atoms with Gasteiger partial charge in [0, 0.05) is 20.8 Å². The maximum atomic E-state index is 6.27. The molecule has 0 aromatic heterocycles. The molecule has 1 heterocycles. The summed E-state index contributed by atoms with van der Waals surface area (Å²) in [6, 6.07) is 6.69. The second kappa shape index (κ2) is 6.46. The summed E-state index contributed by atoms with van der Waals surface area (Å²) in [4.78, 5) is 0. The number of benzene rings is 1. The number of nitrogens with one attached hydrogen (secondary N) is 1. The maximum absolute atomic E-state index is 6.27. The Labute approximate surface area is 121 Å². The smallest absolute Gasteiger partial charge is 0.0449 e. The molecule has 0 amide bonds. The van der Waals surface area contributed by atoms with Crippen molar-refractivity contribution in [3.63, 3.8) is 0 Å². The summed E-state index contributed by atoms with van der Waals surface area (Å²) in [5.74, 6) is 1.30. The molecule has 1 aliphatic rings. The molecule has 1 fully saturated rings. The lowest BCUT2D eigenvalue weighted by atomic mass is 10.0. The Kier molecular flexibility index (Phi) is 5.22. The average molecular weight is 335 g/mol.